The Morgan fingerprint density at radius 1 is 1.33 bits per heavy atom. The van der Waals surface area contributed by atoms with Crippen LogP contribution in [0.25, 0.3) is 0 Å². The van der Waals surface area contributed by atoms with Gasteiger partial charge < -0.3 is 10.1 Å². The topological polar surface area (TPSA) is 21.3 Å². The average Bonchev–Trinajstić information content (AvgIpc) is 2.73. The van der Waals surface area contributed by atoms with Crippen LogP contribution in [0.5, 0.6) is 5.75 Å². The van der Waals surface area contributed by atoms with Crippen LogP contribution in [-0.2, 0) is 0 Å². The Bertz CT molecular complexity index is 334. The highest BCUT2D eigenvalue weighted by Gasteiger charge is 2.14. The zero-order valence-corrected chi connectivity index (χ0v) is 9.68. The summed E-state index contributed by atoms with van der Waals surface area (Å²) in [7, 11) is 1.64. The third kappa shape index (κ3) is 2.57. The Labute approximate surface area is 95.6 Å². The summed E-state index contributed by atoms with van der Waals surface area (Å²) in [4.78, 5) is 0. The summed E-state index contributed by atoms with van der Waals surface area (Å²) in [5, 5.41) is 4.17. The first-order valence-corrected chi connectivity index (χ1v) is 5.77. The van der Waals surface area contributed by atoms with E-state index >= 15 is 0 Å². The van der Waals surface area contributed by atoms with Crippen LogP contribution >= 0.6 is 11.6 Å². The number of anilines is 1. The molecule has 15 heavy (non-hydrogen) atoms. The second kappa shape index (κ2) is 4.75. The summed E-state index contributed by atoms with van der Waals surface area (Å²) in [6.07, 6.45) is 5.21. The number of nitrogens with one attached hydrogen (secondary N) is 1. The van der Waals surface area contributed by atoms with Crippen LogP contribution in [0, 0.1) is 0 Å². The second-order valence-electron chi connectivity index (χ2n) is 3.98. The van der Waals surface area contributed by atoms with Gasteiger partial charge in [0.25, 0.3) is 0 Å². The number of rotatable bonds is 3. The number of halogens is 1. The van der Waals surface area contributed by atoms with E-state index in [1.807, 2.05) is 18.2 Å². The van der Waals surface area contributed by atoms with E-state index in [0.29, 0.717) is 11.1 Å². The van der Waals surface area contributed by atoms with Crippen LogP contribution < -0.4 is 10.1 Å². The van der Waals surface area contributed by atoms with E-state index in [-0.39, 0.29) is 0 Å². The summed E-state index contributed by atoms with van der Waals surface area (Å²) in [5.41, 5.74) is 1.10. The van der Waals surface area contributed by atoms with Crippen molar-refractivity contribution in [3.8, 4) is 5.75 Å². The molecule has 2 nitrogen and oxygen atoms in total. The molecule has 1 aliphatic carbocycles. The van der Waals surface area contributed by atoms with Crippen molar-refractivity contribution >= 4 is 17.3 Å². The molecule has 0 unspecified atom stereocenters. The van der Waals surface area contributed by atoms with Crippen molar-refractivity contribution in [2.75, 3.05) is 12.4 Å². The second-order valence-corrected chi connectivity index (χ2v) is 4.38. The van der Waals surface area contributed by atoms with Gasteiger partial charge in [0.05, 0.1) is 12.1 Å². The summed E-state index contributed by atoms with van der Waals surface area (Å²) < 4.78 is 5.18. The molecule has 0 heterocycles. The van der Waals surface area contributed by atoms with Crippen molar-refractivity contribution in [3.05, 3.63) is 23.2 Å². The third-order valence-corrected chi connectivity index (χ3v) is 3.19. The molecule has 0 radical (unpaired) electrons. The van der Waals surface area contributed by atoms with E-state index in [1.54, 1.807) is 7.11 Å². The quantitative estimate of drug-likeness (QED) is 0.847. The van der Waals surface area contributed by atoms with Crippen LogP contribution in [-0.4, -0.2) is 13.2 Å². The lowest BCUT2D eigenvalue weighted by molar-refractivity contribution is 0.415. The van der Waals surface area contributed by atoms with Gasteiger partial charge in [0.15, 0.2) is 0 Å². The lowest BCUT2D eigenvalue weighted by atomic mass is 10.2. The minimum absolute atomic E-state index is 0.621. The highest BCUT2D eigenvalue weighted by molar-refractivity contribution is 6.32. The number of methoxy groups -OCH3 is 1. The molecule has 1 aromatic carbocycles. The molecule has 3 heteroatoms. The Kier molecular flexibility index (Phi) is 3.37. The molecule has 0 aliphatic heterocycles. The minimum atomic E-state index is 0.621. The first kappa shape index (κ1) is 10.6. The minimum Gasteiger partial charge on any atom is -0.495 e. The molecule has 0 spiro atoms. The van der Waals surface area contributed by atoms with E-state index in [4.69, 9.17) is 16.3 Å². The summed E-state index contributed by atoms with van der Waals surface area (Å²) in [6, 6.07) is 6.46. The van der Waals surface area contributed by atoms with Crippen LogP contribution in [0.2, 0.25) is 5.02 Å². The van der Waals surface area contributed by atoms with Crippen molar-refractivity contribution in [2.45, 2.75) is 31.7 Å². The van der Waals surface area contributed by atoms with Gasteiger partial charge in [0, 0.05) is 17.8 Å². The third-order valence-electron chi connectivity index (χ3n) is 2.88. The first-order chi connectivity index (χ1) is 7.29. The van der Waals surface area contributed by atoms with Crippen LogP contribution in [0.3, 0.4) is 0 Å². The Morgan fingerprint density at radius 3 is 2.73 bits per heavy atom. The van der Waals surface area contributed by atoms with E-state index in [0.717, 1.165) is 11.4 Å². The molecule has 0 bridgehead atoms. The summed E-state index contributed by atoms with van der Waals surface area (Å²) >= 11 is 5.96. The summed E-state index contributed by atoms with van der Waals surface area (Å²) in [5.74, 6) is 0.736. The van der Waals surface area contributed by atoms with Gasteiger partial charge in [-0.15, -0.1) is 0 Å². The fraction of sp³-hybridized carbons (Fsp3) is 0.500. The number of hydrogen-bond acceptors (Lipinski definition) is 2. The smallest absolute Gasteiger partial charge is 0.139 e. The summed E-state index contributed by atoms with van der Waals surface area (Å²) in [6.45, 7) is 0. The van der Waals surface area contributed by atoms with Crippen LogP contribution in [0.4, 0.5) is 5.69 Å². The molecular weight excluding hydrogens is 210 g/mol. The monoisotopic (exact) mass is 225 g/mol. The van der Waals surface area contributed by atoms with Gasteiger partial charge in [-0.1, -0.05) is 24.4 Å². The average molecular weight is 226 g/mol. The molecular formula is C12H16ClNO. The van der Waals surface area contributed by atoms with E-state index in [2.05, 4.69) is 5.32 Å². The number of ether oxygens (including phenoxy) is 1. The Balaban J connectivity index is 2.07. The predicted octanol–water partition coefficient (Wildman–Crippen LogP) is 3.70. The van der Waals surface area contributed by atoms with Crippen molar-refractivity contribution in [3.63, 3.8) is 0 Å². The van der Waals surface area contributed by atoms with E-state index < -0.39 is 0 Å². The zero-order chi connectivity index (χ0) is 10.7. The maximum Gasteiger partial charge on any atom is 0.139 e. The molecule has 1 fully saturated rings. The van der Waals surface area contributed by atoms with Gasteiger partial charge >= 0.3 is 0 Å². The largest absolute Gasteiger partial charge is 0.495 e. The normalized spacial score (nSPS) is 16.7. The molecule has 0 amide bonds. The highest BCUT2D eigenvalue weighted by Crippen LogP contribution is 2.29. The fourth-order valence-corrected chi connectivity index (χ4v) is 2.25. The highest BCUT2D eigenvalue weighted by atomic mass is 35.5. The van der Waals surface area contributed by atoms with Gasteiger partial charge in [0.2, 0.25) is 0 Å². The standard InChI is InChI=1S/C12H16ClNO/c1-15-12-8-10(6-7-11(12)13)14-9-4-2-3-5-9/h6-9,14H,2-5H2,1H3. The molecule has 1 aromatic rings. The Hall–Kier alpha value is -0.890. The molecule has 1 N–H and O–H groups in total. The van der Waals surface area contributed by atoms with Crippen LogP contribution in [0.1, 0.15) is 25.7 Å². The van der Waals surface area contributed by atoms with Gasteiger partial charge in [-0.2, -0.15) is 0 Å². The first-order valence-electron chi connectivity index (χ1n) is 5.39. The number of hydrogen-bond donors (Lipinski definition) is 1. The molecule has 2 rings (SSSR count). The Morgan fingerprint density at radius 2 is 2.07 bits per heavy atom. The molecule has 1 aliphatic rings. The van der Waals surface area contributed by atoms with Crippen LogP contribution in [0.15, 0.2) is 18.2 Å². The van der Waals surface area contributed by atoms with Crippen molar-refractivity contribution < 1.29 is 4.74 Å². The van der Waals surface area contributed by atoms with Gasteiger partial charge in [-0.3, -0.25) is 0 Å². The van der Waals surface area contributed by atoms with Crippen molar-refractivity contribution in [2.24, 2.45) is 0 Å². The molecule has 0 atom stereocenters. The van der Waals surface area contributed by atoms with Gasteiger partial charge in [0.1, 0.15) is 5.75 Å². The maximum atomic E-state index is 5.96. The molecule has 82 valence electrons. The van der Waals surface area contributed by atoms with E-state index in [9.17, 15) is 0 Å². The predicted molar refractivity (Wildman–Crippen MR) is 63.9 cm³/mol. The molecule has 1 saturated carbocycles. The van der Waals surface area contributed by atoms with Gasteiger partial charge in [-0.25, -0.2) is 0 Å². The van der Waals surface area contributed by atoms with Crippen molar-refractivity contribution in [1.29, 1.82) is 0 Å². The number of benzene rings is 1. The zero-order valence-electron chi connectivity index (χ0n) is 8.92. The fourth-order valence-electron chi connectivity index (χ4n) is 2.06. The van der Waals surface area contributed by atoms with Crippen molar-refractivity contribution in [1.82, 2.24) is 0 Å². The molecule has 0 aromatic heterocycles. The lowest BCUT2D eigenvalue weighted by Gasteiger charge is -2.14. The van der Waals surface area contributed by atoms with Gasteiger partial charge in [-0.05, 0) is 25.0 Å². The maximum absolute atomic E-state index is 5.96. The lowest BCUT2D eigenvalue weighted by Crippen LogP contribution is -2.14. The molecule has 0 saturated heterocycles. The van der Waals surface area contributed by atoms with E-state index in [1.165, 1.54) is 25.7 Å². The SMILES string of the molecule is COc1cc(NC2CCCC2)ccc1Cl.